The molecule has 0 unspecified atom stereocenters. The zero-order chi connectivity index (χ0) is 22.2. The molecule has 8 nitrogen and oxygen atoms in total. The van der Waals surface area contributed by atoms with Crippen LogP contribution in [0.4, 0.5) is 5.69 Å². The van der Waals surface area contributed by atoms with Crippen LogP contribution in [0.2, 0.25) is 0 Å². The summed E-state index contributed by atoms with van der Waals surface area (Å²) in [5.41, 5.74) is 4.07. The van der Waals surface area contributed by atoms with E-state index in [0.717, 1.165) is 41.2 Å². The van der Waals surface area contributed by atoms with Crippen LogP contribution in [0.3, 0.4) is 0 Å². The Hall–Kier alpha value is -3.55. The highest BCUT2D eigenvalue weighted by Crippen LogP contribution is 2.20. The smallest absolute Gasteiger partial charge is 0.159 e. The molecule has 0 bridgehead atoms. The van der Waals surface area contributed by atoms with Crippen molar-refractivity contribution in [2.75, 3.05) is 13.6 Å². The largest absolute Gasteiger partial charge is 0.472 e. The summed E-state index contributed by atoms with van der Waals surface area (Å²) in [5.74, 6) is 1.47. The first-order chi connectivity index (χ1) is 15.0. The Balaban J connectivity index is 1.77. The van der Waals surface area contributed by atoms with Crippen molar-refractivity contribution >= 4 is 23.6 Å². The first-order valence-corrected chi connectivity index (χ1v) is 10.3. The topological polar surface area (TPSA) is 94.9 Å². The number of furan rings is 1. The van der Waals surface area contributed by atoms with Crippen molar-refractivity contribution in [1.29, 1.82) is 0 Å². The highest BCUT2D eigenvalue weighted by molar-refractivity contribution is 6.10. The van der Waals surface area contributed by atoms with Crippen LogP contribution in [0.1, 0.15) is 38.3 Å². The zero-order valence-electron chi connectivity index (χ0n) is 18.4. The van der Waals surface area contributed by atoms with Gasteiger partial charge >= 0.3 is 0 Å². The minimum absolute atomic E-state index is 0.240. The maximum absolute atomic E-state index is 10.6. The van der Waals surface area contributed by atoms with Gasteiger partial charge in [0, 0.05) is 25.2 Å². The lowest BCUT2D eigenvalue weighted by Crippen LogP contribution is -2.33. The zero-order valence-corrected chi connectivity index (χ0v) is 18.4. The molecule has 2 aromatic rings. The number of benzene rings is 1. The Morgan fingerprint density at radius 2 is 2.00 bits per heavy atom. The summed E-state index contributed by atoms with van der Waals surface area (Å²) in [4.78, 5) is 26.5. The van der Waals surface area contributed by atoms with Gasteiger partial charge < -0.3 is 14.6 Å². The van der Waals surface area contributed by atoms with Crippen LogP contribution in [0.15, 0.2) is 78.9 Å². The van der Waals surface area contributed by atoms with Crippen LogP contribution in [0.5, 0.6) is 0 Å². The second-order valence-electron chi connectivity index (χ2n) is 7.49. The lowest BCUT2D eigenvalue weighted by molar-refractivity contribution is 0.520. The van der Waals surface area contributed by atoms with Crippen LogP contribution in [0.25, 0.3) is 0 Å². The fourth-order valence-electron chi connectivity index (χ4n) is 3.22. The number of nitrogens with zero attached hydrogens (tertiary/aromatic N) is 5. The van der Waals surface area contributed by atoms with E-state index in [1.54, 1.807) is 38.0 Å². The summed E-state index contributed by atoms with van der Waals surface area (Å²) < 4.78 is 5.19. The van der Waals surface area contributed by atoms with Gasteiger partial charge in [-0.25, -0.2) is 9.98 Å². The van der Waals surface area contributed by atoms with Gasteiger partial charge in [-0.15, -0.1) is 4.91 Å². The lowest BCUT2D eigenvalue weighted by atomic mass is 10.1. The average Bonchev–Trinajstić information content (AvgIpc) is 3.46. The number of amidine groups is 1. The molecule has 31 heavy (non-hydrogen) atoms. The molecule has 0 saturated carbocycles. The van der Waals surface area contributed by atoms with Crippen LogP contribution >= 0.6 is 0 Å². The predicted octanol–water partition coefficient (Wildman–Crippen LogP) is 4.66. The maximum Gasteiger partial charge on any atom is 0.159 e. The summed E-state index contributed by atoms with van der Waals surface area (Å²) in [5, 5.41) is 6.38. The summed E-state index contributed by atoms with van der Waals surface area (Å²) in [6.45, 7) is 6.84. The minimum atomic E-state index is 0.240. The van der Waals surface area contributed by atoms with E-state index in [-0.39, 0.29) is 6.04 Å². The van der Waals surface area contributed by atoms with E-state index in [0.29, 0.717) is 18.1 Å². The Morgan fingerprint density at radius 3 is 2.61 bits per heavy atom. The minimum Gasteiger partial charge on any atom is -0.472 e. The van der Waals surface area contributed by atoms with Crippen LogP contribution < -0.4 is 5.32 Å². The highest BCUT2D eigenvalue weighted by Gasteiger charge is 2.25. The number of nitrogens with one attached hydrogen (secondary N) is 1. The van der Waals surface area contributed by atoms with Crippen molar-refractivity contribution in [2.24, 2.45) is 20.2 Å². The van der Waals surface area contributed by atoms with E-state index < -0.39 is 0 Å². The van der Waals surface area contributed by atoms with Crippen LogP contribution in [-0.4, -0.2) is 42.4 Å². The fourth-order valence-corrected chi connectivity index (χ4v) is 3.22. The highest BCUT2D eigenvalue weighted by atomic mass is 16.3. The molecule has 0 radical (unpaired) electrons. The third-order valence-corrected chi connectivity index (χ3v) is 4.95. The van der Waals surface area contributed by atoms with Crippen molar-refractivity contribution < 1.29 is 4.42 Å². The monoisotopic (exact) mass is 420 g/mol. The summed E-state index contributed by atoms with van der Waals surface area (Å²) >= 11 is 0. The van der Waals surface area contributed by atoms with Crippen molar-refractivity contribution in [3.63, 3.8) is 0 Å². The summed E-state index contributed by atoms with van der Waals surface area (Å²) in [7, 11) is 1.77. The standard InChI is InChI=1S/C23H28N6O2/c1-16(2)29-15-26-21(23(29)24-4)22(27-17(3)19-11-13-31-14-19)25-12-5-6-18-7-9-20(28-30)10-8-18/h7-11,13-16,25H,5-6,12H2,1-4H3/b22-21+,24-23+,27-17+. The summed E-state index contributed by atoms with van der Waals surface area (Å²) in [6.07, 6.45) is 6.87. The van der Waals surface area contributed by atoms with Gasteiger partial charge in [-0.3, -0.25) is 4.99 Å². The molecule has 0 amide bonds. The predicted molar refractivity (Wildman–Crippen MR) is 125 cm³/mol. The molecule has 2 heterocycles. The number of hydrogen-bond donors (Lipinski definition) is 1. The third kappa shape index (κ3) is 5.53. The normalized spacial score (nSPS) is 17.0. The Bertz CT molecular complexity index is 1000. The van der Waals surface area contributed by atoms with Crippen molar-refractivity contribution in [3.05, 3.63) is 70.4 Å². The first-order valence-electron chi connectivity index (χ1n) is 10.3. The van der Waals surface area contributed by atoms with Gasteiger partial charge in [-0.2, -0.15) is 0 Å². The SMILES string of the molecule is C\N=C1/C(=C(\N=C(/C)c2ccoc2)NCCCc2ccc(N=O)cc2)N=CN1C(C)C. The molecule has 1 aromatic carbocycles. The quantitative estimate of drug-likeness (QED) is 0.363. The number of aryl methyl sites for hydroxylation is 1. The second-order valence-corrected chi connectivity index (χ2v) is 7.49. The lowest BCUT2D eigenvalue weighted by Gasteiger charge is -2.20. The number of hydrogen-bond acceptors (Lipinski definition) is 7. The number of rotatable bonds is 9. The molecule has 162 valence electrons. The van der Waals surface area contributed by atoms with Crippen molar-refractivity contribution in [1.82, 2.24) is 10.2 Å². The van der Waals surface area contributed by atoms with E-state index in [9.17, 15) is 4.91 Å². The van der Waals surface area contributed by atoms with Gasteiger partial charge in [0.2, 0.25) is 0 Å². The van der Waals surface area contributed by atoms with E-state index in [1.807, 2.05) is 30.0 Å². The fraction of sp³-hybridized carbons (Fsp3) is 0.348. The van der Waals surface area contributed by atoms with Gasteiger partial charge in [-0.05, 0) is 62.6 Å². The van der Waals surface area contributed by atoms with E-state index in [1.165, 1.54) is 0 Å². The molecule has 0 fully saturated rings. The Morgan fingerprint density at radius 1 is 1.23 bits per heavy atom. The number of aliphatic imine (C=N–C) groups is 3. The molecule has 0 spiro atoms. The molecular weight excluding hydrogens is 392 g/mol. The number of nitroso groups, excluding NO2 is 1. The molecule has 1 aliphatic rings. The third-order valence-electron chi connectivity index (χ3n) is 4.95. The van der Waals surface area contributed by atoms with Gasteiger partial charge in [0.15, 0.2) is 11.7 Å². The molecule has 3 rings (SSSR count). The molecule has 0 aliphatic carbocycles. The second kappa shape index (κ2) is 10.5. The molecule has 1 aliphatic heterocycles. The Kier molecular flexibility index (Phi) is 7.48. The first kappa shape index (κ1) is 22.1. The van der Waals surface area contributed by atoms with Crippen molar-refractivity contribution in [3.8, 4) is 0 Å². The van der Waals surface area contributed by atoms with E-state index in [2.05, 4.69) is 34.3 Å². The van der Waals surface area contributed by atoms with Gasteiger partial charge in [0.25, 0.3) is 0 Å². The molecule has 8 heteroatoms. The Labute approximate surface area is 182 Å². The van der Waals surface area contributed by atoms with Crippen molar-refractivity contribution in [2.45, 2.75) is 39.7 Å². The molecular formula is C23H28N6O2. The van der Waals surface area contributed by atoms with Gasteiger partial charge in [0.1, 0.15) is 11.4 Å². The maximum atomic E-state index is 10.6. The average molecular weight is 421 g/mol. The van der Waals surface area contributed by atoms with Crippen LogP contribution in [-0.2, 0) is 6.42 Å². The summed E-state index contributed by atoms with van der Waals surface area (Å²) in [6, 6.07) is 9.46. The molecule has 1 aromatic heterocycles. The van der Waals surface area contributed by atoms with E-state index >= 15 is 0 Å². The molecule has 1 N–H and O–H groups in total. The van der Waals surface area contributed by atoms with E-state index in [4.69, 9.17) is 9.41 Å². The molecule has 0 saturated heterocycles. The van der Waals surface area contributed by atoms with Gasteiger partial charge in [0.05, 0.1) is 24.6 Å². The van der Waals surface area contributed by atoms with Crippen LogP contribution in [0, 0.1) is 4.91 Å². The van der Waals surface area contributed by atoms with Gasteiger partial charge in [-0.1, -0.05) is 12.1 Å². The molecule has 0 atom stereocenters.